The smallest absolute Gasteiger partial charge is 0.0724 e. The normalized spacial score (nSPS) is 14.5. The van der Waals surface area contributed by atoms with Gasteiger partial charge in [-0.3, -0.25) is 0 Å². The Labute approximate surface area is 120 Å². The van der Waals surface area contributed by atoms with E-state index >= 15 is 0 Å². The van der Waals surface area contributed by atoms with Crippen LogP contribution in [0.25, 0.3) is 0 Å². The first kappa shape index (κ1) is 15.8. The first-order valence-electron chi connectivity index (χ1n) is 6.32. The van der Waals surface area contributed by atoms with Gasteiger partial charge >= 0.3 is 0 Å². The zero-order valence-electron chi connectivity index (χ0n) is 11.2. The van der Waals surface area contributed by atoms with Gasteiger partial charge in [-0.1, -0.05) is 37.0 Å². The Morgan fingerprint density at radius 1 is 1.28 bits per heavy atom. The summed E-state index contributed by atoms with van der Waals surface area (Å²) in [6.45, 7) is 5.12. The van der Waals surface area contributed by atoms with Gasteiger partial charge in [0.2, 0.25) is 0 Å². The van der Waals surface area contributed by atoms with Gasteiger partial charge in [0.15, 0.2) is 0 Å². The minimum absolute atomic E-state index is 0.181. The van der Waals surface area contributed by atoms with E-state index in [9.17, 15) is 0 Å². The highest BCUT2D eigenvalue weighted by Crippen LogP contribution is 2.23. The van der Waals surface area contributed by atoms with Crippen LogP contribution in [0.5, 0.6) is 0 Å². The molecule has 2 nitrogen and oxygen atoms in total. The molecule has 0 aliphatic heterocycles. The Hall–Kier alpha value is -0.280. The molecular weight excluding hydrogens is 269 g/mol. The molecule has 2 atom stereocenters. The second-order valence-electron chi connectivity index (χ2n) is 4.29. The summed E-state index contributed by atoms with van der Waals surface area (Å²) >= 11 is 12.2. The second-order valence-corrected chi connectivity index (χ2v) is 5.13. The minimum atomic E-state index is 0.181. The highest BCUT2D eigenvalue weighted by molar-refractivity contribution is 6.33. The summed E-state index contributed by atoms with van der Waals surface area (Å²) in [5.41, 5.74) is 1.06. The number of likely N-dealkylation sites (N-methyl/N-ethyl adjacent to an activating group) is 1. The third kappa shape index (κ3) is 4.43. The maximum Gasteiger partial charge on any atom is 0.0724 e. The molecule has 0 aliphatic carbocycles. The van der Waals surface area contributed by atoms with Crippen LogP contribution in [-0.2, 0) is 11.2 Å². The lowest BCUT2D eigenvalue weighted by molar-refractivity contribution is 0.0658. The fourth-order valence-corrected chi connectivity index (χ4v) is 2.54. The predicted molar refractivity (Wildman–Crippen MR) is 78.7 cm³/mol. The van der Waals surface area contributed by atoms with Crippen molar-refractivity contribution in [2.24, 2.45) is 0 Å². The number of rotatable bonds is 7. The van der Waals surface area contributed by atoms with Gasteiger partial charge in [-0.15, -0.1) is 0 Å². The van der Waals surface area contributed by atoms with E-state index in [2.05, 4.69) is 19.2 Å². The van der Waals surface area contributed by atoms with E-state index in [1.54, 1.807) is 7.11 Å². The third-order valence-electron chi connectivity index (χ3n) is 3.07. The van der Waals surface area contributed by atoms with Crippen LogP contribution in [-0.4, -0.2) is 25.8 Å². The molecule has 1 aromatic carbocycles. The maximum atomic E-state index is 6.20. The maximum absolute atomic E-state index is 6.20. The zero-order valence-corrected chi connectivity index (χ0v) is 12.7. The largest absolute Gasteiger partial charge is 0.380 e. The summed E-state index contributed by atoms with van der Waals surface area (Å²) in [6.07, 6.45) is 1.96. The number of halogens is 2. The lowest BCUT2D eigenvalue weighted by Crippen LogP contribution is -2.42. The fourth-order valence-electron chi connectivity index (χ4n) is 2.15. The summed E-state index contributed by atoms with van der Waals surface area (Å²) in [5.74, 6) is 0. The van der Waals surface area contributed by atoms with Crippen molar-refractivity contribution < 1.29 is 4.74 Å². The molecule has 102 valence electrons. The molecule has 2 unspecified atom stereocenters. The fraction of sp³-hybridized carbons (Fsp3) is 0.571. The quantitative estimate of drug-likeness (QED) is 0.821. The van der Waals surface area contributed by atoms with Crippen LogP contribution in [0.3, 0.4) is 0 Å². The molecule has 0 aromatic heterocycles. The van der Waals surface area contributed by atoms with Gasteiger partial charge in [-0.2, -0.15) is 0 Å². The monoisotopic (exact) mass is 289 g/mol. The van der Waals surface area contributed by atoms with Crippen LogP contribution < -0.4 is 5.32 Å². The number of hydrogen-bond acceptors (Lipinski definition) is 2. The van der Waals surface area contributed by atoms with Gasteiger partial charge in [-0.05, 0) is 43.1 Å². The molecule has 0 spiro atoms. The Kier molecular flexibility index (Phi) is 7.02. The lowest BCUT2D eigenvalue weighted by atomic mass is 9.99. The standard InChI is InChI=1S/C14H21Cl2NO/c1-4-14(18-3)13(17-5-2)9-10-8-11(15)6-7-12(10)16/h6-8,13-14,17H,4-5,9H2,1-3H3. The van der Waals surface area contributed by atoms with E-state index in [0.29, 0.717) is 0 Å². The lowest BCUT2D eigenvalue weighted by Gasteiger charge is -2.26. The van der Waals surface area contributed by atoms with Crippen LogP contribution >= 0.6 is 23.2 Å². The molecule has 0 aliphatic rings. The van der Waals surface area contributed by atoms with E-state index in [-0.39, 0.29) is 12.1 Å². The Morgan fingerprint density at radius 2 is 2.00 bits per heavy atom. The summed E-state index contributed by atoms with van der Waals surface area (Å²) in [5, 5.41) is 4.93. The zero-order chi connectivity index (χ0) is 13.5. The molecule has 0 radical (unpaired) electrons. The molecule has 0 heterocycles. The molecule has 0 fully saturated rings. The minimum Gasteiger partial charge on any atom is -0.380 e. The molecule has 1 aromatic rings. The van der Waals surface area contributed by atoms with Crippen molar-refractivity contribution in [3.8, 4) is 0 Å². The average molecular weight is 290 g/mol. The van der Waals surface area contributed by atoms with Crippen LogP contribution in [0.1, 0.15) is 25.8 Å². The summed E-state index contributed by atoms with van der Waals surface area (Å²) in [6, 6.07) is 5.83. The molecule has 0 amide bonds. The molecule has 4 heteroatoms. The Bertz CT molecular complexity index is 367. The van der Waals surface area contributed by atoms with Crippen molar-refractivity contribution in [3.63, 3.8) is 0 Å². The number of benzene rings is 1. The summed E-state index contributed by atoms with van der Waals surface area (Å²) in [7, 11) is 1.75. The van der Waals surface area contributed by atoms with Crippen molar-refractivity contribution in [2.45, 2.75) is 38.8 Å². The molecule has 0 saturated heterocycles. The van der Waals surface area contributed by atoms with Gasteiger partial charge in [-0.25, -0.2) is 0 Å². The highest BCUT2D eigenvalue weighted by Gasteiger charge is 2.20. The number of ether oxygens (including phenoxy) is 1. The molecular formula is C14H21Cl2NO. The topological polar surface area (TPSA) is 21.3 Å². The van der Waals surface area contributed by atoms with Crippen LogP contribution in [0, 0.1) is 0 Å². The van der Waals surface area contributed by atoms with Crippen LogP contribution in [0.15, 0.2) is 18.2 Å². The number of hydrogen-bond donors (Lipinski definition) is 1. The van der Waals surface area contributed by atoms with Gasteiger partial charge in [0.1, 0.15) is 0 Å². The third-order valence-corrected chi connectivity index (χ3v) is 3.67. The number of nitrogens with one attached hydrogen (secondary N) is 1. The van der Waals surface area contributed by atoms with Crippen molar-refractivity contribution in [2.75, 3.05) is 13.7 Å². The van der Waals surface area contributed by atoms with E-state index in [0.717, 1.165) is 35.0 Å². The number of methoxy groups -OCH3 is 1. The van der Waals surface area contributed by atoms with Gasteiger partial charge in [0.25, 0.3) is 0 Å². The second kappa shape index (κ2) is 8.00. The van der Waals surface area contributed by atoms with Crippen LogP contribution in [0.2, 0.25) is 10.0 Å². The molecule has 0 saturated carbocycles. The van der Waals surface area contributed by atoms with Gasteiger partial charge in [0.05, 0.1) is 6.10 Å². The Balaban J connectivity index is 2.85. The van der Waals surface area contributed by atoms with Crippen molar-refractivity contribution in [3.05, 3.63) is 33.8 Å². The van der Waals surface area contributed by atoms with Crippen molar-refractivity contribution >= 4 is 23.2 Å². The molecule has 1 rings (SSSR count). The predicted octanol–water partition coefficient (Wildman–Crippen LogP) is 3.94. The van der Waals surface area contributed by atoms with E-state index in [1.165, 1.54) is 0 Å². The Morgan fingerprint density at radius 3 is 2.56 bits per heavy atom. The van der Waals surface area contributed by atoms with Crippen LogP contribution in [0.4, 0.5) is 0 Å². The van der Waals surface area contributed by atoms with E-state index in [4.69, 9.17) is 27.9 Å². The van der Waals surface area contributed by atoms with Gasteiger partial charge in [0, 0.05) is 23.2 Å². The molecule has 0 bridgehead atoms. The van der Waals surface area contributed by atoms with E-state index in [1.807, 2.05) is 18.2 Å². The van der Waals surface area contributed by atoms with Crippen molar-refractivity contribution in [1.82, 2.24) is 5.32 Å². The van der Waals surface area contributed by atoms with E-state index < -0.39 is 0 Å². The first-order valence-corrected chi connectivity index (χ1v) is 7.08. The molecule has 1 N–H and O–H groups in total. The summed E-state index contributed by atoms with van der Waals surface area (Å²) < 4.78 is 5.52. The van der Waals surface area contributed by atoms with Gasteiger partial charge < -0.3 is 10.1 Å². The summed E-state index contributed by atoms with van der Waals surface area (Å²) in [4.78, 5) is 0. The SMILES string of the molecule is CCNC(Cc1cc(Cl)ccc1Cl)C(CC)OC. The van der Waals surface area contributed by atoms with Crippen molar-refractivity contribution in [1.29, 1.82) is 0 Å². The molecule has 18 heavy (non-hydrogen) atoms. The first-order chi connectivity index (χ1) is 8.62. The average Bonchev–Trinajstić information content (AvgIpc) is 2.35. The highest BCUT2D eigenvalue weighted by atomic mass is 35.5.